The molecule has 2 rings (SSSR count). The standard InChI is InChI=1S/C9H7IS/c1-6-3-2-4-7-8(10)5-11-9(6)7/h2-5H,1H3. The molecule has 0 aliphatic heterocycles. The first-order chi connectivity index (χ1) is 5.29. The quantitative estimate of drug-likeness (QED) is 0.641. The number of fused-ring (bicyclic) bond motifs is 1. The smallest absolute Gasteiger partial charge is 0.0382 e. The molecule has 0 bridgehead atoms. The summed E-state index contributed by atoms with van der Waals surface area (Å²) in [5.74, 6) is 0. The third kappa shape index (κ3) is 1.18. The van der Waals surface area contributed by atoms with Crippen LogP contribution in [-0.4, -0.2) is 0 Å². The van der Waals surface area contributed by atoms with Crippen molar-refractivity contribution in [1.82, 2.24) is 0 Å². The van der Waals surface area contributed by atoms with E-state index in [2.05, 4.69) is 53.1 Å². The minimum absolute atomic E-state index is 1.37. The Morgan fingerprint density at radius 1 is 1.36 bits per heavy atom. The summed E-state index contributed by atoms with van der Waals surface area (Å²) in [4.78, 5) is 0. The summed E-state index contributed by atoms with van der Waals surface area (Å²) < 4.78 is 2.79. The van der Waals surface area contributed by atoms with E-state index in [0.717, 1.165) is 0 Å². The molecule has 0 spiro atoms. The van der Waals surface area contributed by atoms with Crippen LogP contribution in [0.3, 0.4) is 0 Å². The summed E-state index contributed by atoms with van der Waals surface area (Å²) >= 11 is 4.21. The van der Waals surface area contributed by atoms with E-state index in [9.17, 15) is 0 Å². The van der Waals surface area contributed by atoms with Crippen molar-refractivity contribution in [3.8, 4) is 0 Å². The van der Waals surface area contributed by atoms with Gasteiger partial charge in [-0.05, 0) is 35.1 Å². The molecule has 0 fully saturated rings. The lowest BCUT2D eigenvalue weighted by Gasteiger charge is -1.93. The number of rotatable bonds is 0. The van der Waals surface area contributed by atoms with E-state index in [4.69, 9.17) is 0 Å². The third-order valence-electron chi connectivity index (χ3n) is 1.75. The van der Waals surface area contributed by atoms with Crippen molar-refractivity contribution in [2.24, 2.45) is 0 Å². The molecule has 11 heavy (non-hydrogen) atoms. The maximum Gasteiger partial charge on any atom is 0.0382 e. The second kappa shape index (κ2) is 2.75. The Morgan fingerprint density at radius 3 is 2.91 bits per heavy atom. The largest absolute Gasteiger partial charge is 0.142 e. The Morgan fingerprint density at radius 2 is 2.18 bits per heavy atom. The minimum atomic E-state index is 1.37. The molecule has 0 saturated heterocycles. The van der Waals surface area contributed by atoms with Gasteiger partial charge in [0.25, 0.3) is 0 Å². The number of hydrogen-bond donors (Lipinski definition) is 0. The van der Waals surface area contributed by atoms with Crippen LogP contribution in [0.2, 0.25) is 0 Å². The summed E-state index contributed by atoms with van der Waals surface area (Å²) in [6, 6.07) is 6.46. The van der Waals surface area contributed by atoms with E-state index >= 15 is 0 Å². The Bertz CT molecular complexity index is 389. The summed E-state index contributed by atoms with van der Waals surface area (Å²) in [5.41, 5.74) is 1.38. The molecule has 0 atom stereocenters. The Balaban J connectivity index is 2.94. The van der Waals surface area contributed by atoms with E-state index in [1.54, 1.807) is 0 Å². The van der Waals surface area contributed by atoms with Gasteiger partial charge in [0.15, 0.2) is 0 Å². The van der Waals surface area contributed by atoms with Crippen molar-refractivity contribution in [3.63, 3.8) is 0 Å². The maximum atomic E-state index is 2.38. The Hall–Kier alpha value is -0.0900. The van der Waals surface area contributed by atoms with Gasteiger partial charge in [0.1, 0.15) is 0 Å². The number of hydrogen-bond acceptors (Lipinski definition) is 1. The van der Waals surface area contributed by atoms with Crippen LogP contribution < -0.4 is 0 Å². The molecule has 0 saturated carbocycles. The minimum Gasteiger partial charge on any atom is -0.142 e. The molecule has 0 aliphatic carbocycles. The van der Waals surface area contributed by atoms with Gasteiger partial charge in [-0.3, -0.25) is 0 Å². The molecule has 1 aromatic heterocycles. The van der Waals surface area contributed by atoms with Crippen LogP contribution in [0, 0.1) is 10.5 Å². The number of thiophene rings is 1. The highest BCUT2D eigenvalue weighted by molar-refractivity contribution is 14.1. The van der Waals surface area contributed by atoms with Gasteiger partial charge in [0, 0.05) is 19.0 Å². The van der Waals surface area contributed by atoms with Crippen LogP contribution in [0.5, 0.6) is 0 Å². The molecule has 1 heterocycles. The highest BCUT2D eigenvalue weighted by Gasteiger charge is 2.01. The fraction of sp³-hybridized carbons (Fsp3) is 0.111. The highest BCUT2D eigenvalue weighted by atomic mass is 127. The lowest BCUT2D eigenvalue weighted by atomic mass is 10.2. The van der Waals surface area contributed by atoms with Crippen LogP contribution in [0.25, 0.3) is 10.1 Å². The van der Waals surface area contributed by atoms with Crippen LogP contribution in [-0.2, 0) is 0 Å². The van der Waals surface area contributed by atoms with Crippen molar-refractivity contribution in [2.75, 3.05) is 0 Å². The predicted molar refractivity (Wildman–Crippen MR) is 59.3 cm³/mol. The summed E-state index contributed by atoms with van der Waals surface area (Å²) in [6.45, 7) is 2.16. The van der Waals surface area contributed by atoms with Crippen molar-refractivity contribution in [2.45, 2.75) is 6.92 Å². The van der Waals surface area contributed by atoms with Crippen LogP contribution >= 0.6 is 33.9 Å². The molecule has 0 radical (unpaired) electrons. The Kier molecular flexibility index (Phi) is 1.89. The molecule has 2 heteroatoms. The zero-order chi connectivity index (χ0) is 7.84. The summed E-state index contributed by atoms with van der Waals surface area (Å²) in [7, 11) is 0. The van der Waals surface area contributed by atoms with Gasteiger partial charge in [0.05, 0.1) is 0 Å². The molecule has 0 N–H and O–H groups in total. The van der Waals surface area contributed by atoms with Crippen molar-refractivity contribution >= 4 is 44.0 Å². The lowest BCUT2D eigenvalue weighted by molar-refractivity contribution is 1.56. The van der Waals surface area contributed by atoms with Crippen molar-refractivity contribution in [1.29, 1.82) is 0 Å². The maximum absolute atomic E-state index is 2.38. The van der Waals surface area contributed by atoms with Gasteiger partial charge in [-0.1, -0.05) is 18.2 Å². The fourth-order valence-electron chi connectivity index (χ4n) is 1.17. The van der Waals surface area contributed by atoms with E-state index in [0.29, 0.717) is 0 Å². The van der Waals surface area contributed by atoms with Crippen LogP contribution in [0.4, 0.5) is 0 Å². The van der Waals surface area contributed by atoms with Crippen molar-refractivity contribution in [3.05, 3.63) is 32.7 Å². The van der Waals surface area contributed by atoms with E-state index in [1.165, 1.54) is 19.2 Å². The van der Waals surface area contributed by atoms with E-state index in [1.807, 2.05) is 11.3 Å². The first-order valence-electron chi connectivity index (χ1n) is 3.41. The van der Waals surface area contributed by atoms with Crippen molar-refractivity contribution < 1.29 is 0 Å². The molecule has 56 valence electrons. The number of benzene rings is 1. The molecule has 0 aliphatic rings. The second-order valence-electron chi connectivity index (χ2n) is 2.54. The van der Waals surface area contributed by atoms with Gasteiger partial charge in [0.2, 0.25) is 0 Å². The highest BCUT2D eigenvalue weighted by Crippen LogP contribution is 2.29. The van der Waals surface area contributed by atoms with Gasteiger partial charge in [-0.15, -0.1) is 11.3 Å². The summed E-state index contributed by atoms with van der Waals surface area (Å²) in [5, 5.41) is 3.61. The average molecular weight is 274 g/mol. The first-order valence-corrected chi connectivity index (χ1v) is 5.37. The number of aryl methyl sites for hydroxylation is 1. The van der Waals surface area contributed by atoms with E-state index < -0.39 is 0 Å². The normalized spacial score (nSPS) is 10.7. The Labute approximate surface area is 83.4 Å². The first kappa shape index (κ1) is 7.55. The zero-order valence-electron chi connectivity index (χ0n) is 6.10. The average Bonchev–Trinajstić information content (AvgIpc) is 2.35. The van der Waals surface area contributed by atoms with Gasteiger partial charge < -0.3 is 0 Å². The number of halogens is 1. The van der Waals surface area contributed by atoms with Gasteiger partial charge in [-0.25, -0.2) is 0 Å². The molecule has 1 aromatic carbocycles. The third-order valence-corrected chi connectivity index (χ3v) is 4.20. The van der Waals surface area contributed by atoms with Crippen LogP contribution in [0.15, 0.2) is 23.6 Å². The monoisotopic (exact) mass is 274 g/mol. The predicted octanol–water partition coefficient (Wildman–Crippen LogP) is 3.81. The van der Waals surface area contributed by atoms with E-state index in [-0.39, 0.29) is 0 Å². The molecule has 2 aromatic rings. The molecule has 0 nitrogen and oxygen atoms in total. The van der Waals surface area contributed by atoms with Gasteiger partial charge >= 0.3 is 0 Å². The molecular weight excluding hydrogens is 267 g/mol. The topological polar surface area (TPSA) is 0 Å². The fourth-order valence-corrected chi connectivity index (χ4v) is 3.09. The molecule has 0 amide bonds. The second-order valence-corrected chi connectivity index (χ2v) is 4.58. The SMILES string of the molecule is Cc1cccc2c(I)csc12. The zero-order valence-corrected chi connectivity index (χ0v) is 9.07. The van der Waals surface area contributed by atoms with Crippen LogP contribution in [0.1, 0.15) is 5.56 Å². The molecule has 0 unspecified atom stereocenters. The van der Waals surface area contributed by atoms with Gasteiger partial charge in [-0.2, -0.15) is 0 Å². The summed E-state index contributed by atoms with van der Waals surface area (Å²) in [6.07, 6.45) is 0. The molecular formula is C9H7IS. The lowest BCUT2D eigenvalue weighted by Crippen LogP contribution is -1.70.